The van der Waals surface area contributed by atoms with Gasteiger partial charge in [0.05, 0.1) is 0 Å². The van der Waals surface area contributed by atoms with Gasteiger partial charge in [0.2, 0.25) is 0 Å². The molecule has 0 atom stereocenters. The Labute approximate surface area is 299 Å². The van der Waals surface area contributed by atoms with Crippen LogP contribution in [0.4, 0.5) is 11.4 Å². The maximum atomic E-state index is 7.22. The van der Waals surface area contributed by atoms with Crippen LogP contribution in [-0.2, 0) is 10.8 Å². The molecule has 0 spiro atoms. The van der Waals surface area contributed by atoms with E-state index in [4.69, 9.17) is 11.6 Å². The van der Waals surface area contributed by atoms with Crippen molar-refractivity contribution in [2.75, 3.05) is 22.9 Å². The minimum absolute atomic E-state index is 0.109. The lowest BCUT2D eigenvalue weighted by Crippen LogP contribution is -2.32. The molecule has 2 nitrogen and oxygen atoms in total. The predicted molar refractivity (Wildman–Crippen MR) is 214 cm³/mol. The molecule has 252 valence electrons. The average Bonchev–Trinajstić information content (AvgIpc) is 3.56. The van der Waals surface area contributed by atoms with E-state index in [1.54, 1.807) is 0 Å². The van der Waals surface area contributed by atoms with Gasteiger partial charge in [0, 0.05) is 52.2 Å². The van der Waals surface area contributed by atoms with Gasteiger partial charge < -0.3 is 9.80 Å². The normalized spacial score (nSPS) is 19.9. The quantitative estimate of drug-likeness (QED) is 0.175. The zero-order valence-corrected chi connectivity index (χ0v) is 31.0. The number of unbranched alkanes of at least 4 members (excludes halogenated alkanes) is 2. The first-order valence-corrected chi connectivity index (χ1v) is 18.8. The van der Waals surface area contributed by atoms with Crippen LogP contribution in [0.2, 0.25) is 0 Å². The monoisotopic (exact) mass is 666 g/mol. The van der Waals surface area contributed by atoms with E-state index < -0.39 is 0 Å². The van der Waals surface area contributed by atoms with Crippen molar-refractivity contribution in [3.05, 3.63) is 142 Å². The molecule has 3 aliphatic rings. The highest BCUT2D eigenvalue weighted by Gasteiger charge is 2.41. The molecule has 0 saturated carbocycles. The van der Waals surface area contributed by atoms with Gasteiger partial charge in [-0.25, -0.2) is 0 Å². The fourth-order valence-electron chi connectivity index (χ4n) is 8.43. The summed E-state index contributed by atoms with van der Waals surface area (Å²) in [5.74, 6) is 0. The van der Waals surface area contributed by atoms with E-state index in [2.05, 4.69) is 155 Å². The summed E-state index contributed by atoms with van der Waals surface area (Å²) >= 11 is 7.22. The summed E-state index contributed by atoms with van der Waals surface area (Å²) in [6.45, 7) is 16.1. The molecule has 0 bridgehead atoms. The maximum Gasteiger partial charge on any atom is 0.0470 e. The number of fused-ring (bicyclic) bond motifs is 6. The molecule has 0 radical (unpaired) electrons. The zero-order chi connectivity index (χ0) is 34.3. The first-order chi connectivity index (χ1) is 23.7. The topological polar surface area (TPSA) is 6.48 Å². The van der Waals surface area contributed by atoms with Gasteiger partial charge in [-0.05, 0) is 93.3 Å². The summed E-state index contributed by atoms with van der Waals surface area (Å²) in [5, 5.41) is 6.23. The Kier molecular flexibility index (Phi) is 9.13. The fourth-order valence-corrected chi connectivity index (χ4v) is 8.75. The van der Waals surface area contributed by atoms with E-state index in [1.807, 2.05) is 0 Å². The van der Waals surface area contributed by atoms with Crippen molar-refractivity contribution in [1.82, 2.24) is 0 Å². The lowest BCUT2D eigenvalue weighted by molar-refractivity contribution is 0.621. The molecule has 0 N–H and O–H groups in total. The number of halogens is 1. The number of anilines is 2. The molecule has 4 aromatic rings. The first-order valence-electron chi connectivity index (χ1n) is 18.5. The predicted octanol–water partition coefficient (Wildman–Crippen LogP) is 13.0. The second kappa shape index (κ2) is 13.4. The van der Waals surface area contributed by atoms with Crippen molar-refractivity contribution in [2.24, 2.45) is 0 Å². The van der Waals surface area contributed by atoms with Gasteiger partial charge in [-0.2, -0.15) is 0 Å². The smallest absolute Gasteiger partial charge is 0.0470 e. The summed E-state index contributed by atoms with van der Waals surface area (Å²) in [6.07, 6.45) is 18.3. The SMILES string of the molecule is CCCCN1C=C(/C=C/C2=C(Cl)C(=C/C=C3/N(CCCC)c4ccc5ccccc5c4C3(C)C)/CC2)C(C)(C)c2c1ccc1ccccc21. The fraction of sp³-hybridized carbons (Fsp3) is 0.348. The van der Waals surface area contributed by atoms with Crippen LogP contribution < -0.4 is 9.80 Å². The van der Waals surface area contributed by atoms with Gasteiger partial charge in [-0.1, -0.05) is 145 Å². The standard InChI is InChI=1S/C46H51ClN2/c1-7-9-29-48-31-36(45(3,4)42-37-17-13-11-15-32(37)22-26-39(42)48)25-21-34-19-20-35(44(34)47)24-28-41-46(5,6)43-38-18-14-12-16-33(38)23-27-40(43)49(41)30-10-8-2/h11-18,21-28,31H,7-10,19-20,29-30H2,1-6H3/b25-21+,35-24+,41-28+. The van der Waals surface area contributed by atoms with Crippen LogP contribution in [0.3, 0.4) is 0 Å². The summed E-state index contributed by atoms with van der Waals surface area (Å²) in [4.78, 5) is 5.05. The number of hydrogen-bond acceptors (Lipinski definition) is 2. The van der Waals surface area contributed by atoms with Crippen molar-refractivity contribution in [3.8, 4) is 0 Å². The van der Waals surface area contributed by atoms with E-state index in [9.17, 15) is 0 Å². The van der Waals surface area contributed by atoms with Gasteiger partial charge in [0.15, 0.2) is 0 Å². The summed E-state index contributed by atoms with van der Waals surface area (Å²) in [5.41, 5.74) is 10.5. The molecule has 0 fully saturated rings. The van der Waals surface area contributed by atoms with Crippen LogP contribution in [-0.4, -0.2) is 13.1 Å². The summed E-state index contributed by atoms with van der Waals surface area (Å²) in [6, 6.07) is 26.9. The maximum absolute atomic E-state index is 7.22. The van der Waals surface area contributed by atoms with Crippen molar-refractivity contribution >= 4 is 44.5 Å². The minimum atomic E-state index is -0.140. The minimum Gasteiger partial charge on any atom is -0.347 e. The molecule has 3 heteroatoms. The van der Waals surface area contributed by atoms with Crippen LogP contribution in [0.5, 0.6) is 0 Å². The number of benzene rings is 4. The number of nitrogens with zero attached hydrogens (tertiary/aromatic N) is 2. The third-order valence-corrected chi connectivity index (χ3v) is 11.7. The molecule has 0 aromatic heterocycles. The highest BCUT2D eigenvalue weighted by Crippen LogP contribution is 2.51. The van der Waals surface area contributed by atoms with Crippen molar-refractivity contribution < 1.29 is 0 Å². The molecule has 49 heavy (non-hydrogen) atoms. The largest absolute Gasteiger partial charge is 0.347 e. The van der Waals surface area contributed by atoms with Crippen molar-refractivity contribution in [1.29, 1.82) is 0 Å². The van der Waals surface area contributed by atoms with Crippen molar-refractivity contribution in [2.45, 2.75) is 90.9 Å². The molecule has 2 heterocycles. The number of rotatable bonds is 9. The second-order valence-electron chi connectivity index (χ2n) is 15.2. The third-order valence-electron chi connectivity index (χ3n) is 11.2. The van der Waals surface area contributed by atoms with Crippen LogP contribution in [0, 0.1) is 0 Å². The second-order valence-corrected chi connectivity index (χ2v) is 15.5. The van der Waals surface area contributed by atoms with Crippen LogP contribution in [0.25, 0.3) is 21.5 Å². The third kappa shape index (κ3) is 5.87. The Balaban J connectivity index is 1.22. The molecule has 1 aliphatic carbocycles. The molecule has 0 saturated heterocycles. The number of hydrogen-bond donors (Lipinski definition) is 0. The van der Waals surface area contributed by atoms with Crippen LogP contribution in [0.15, 0.2) is 131 Å². The van der Waals surface area contributed by atoms with E-state index in [-0.39, 0.29) is 10.8 Å². The lowest BCUT2D eigenvalue weighted by atomic mass is 9.72. The Hall–Kier alpha value is -4.01. The van der Waals surface area contributed by atoms with Gasteiger partial charge >= 0.3 is 0 Å². The van der Waals surface area contributed by atoms with Crippen molar-refractivity contribution in [3.63, 3.8) is 0 Å². The molecular weight excluding hydrogens is 616 g/mol. The Morgan fingerprint density at radius 3 is 1.96 bits per heavy atom. The molecule has 0 amide bonds. The molecule has 0 unspecified atom stereocenters. The Bertz CT molecular complexity index is 2070. The Morgan fingerprint density at radius 1 is 0.673 bits per heavy atom. The molecular formula is C46H51ClN2. The molecule has 2 aliphatic heterocycles. The summed E-state index contributed by atoms with van der Waals surface area (Å²) < 4.78 is 0. The summed E-state index contributed by atoms with van der Waals surface area (Å²) in [7, 11) is 0. The highest BCUT2D eigenvalue weighted by molar-refractivity contribution is 6.33. The molecule has 4 aromatic carbocycles. The van der Waals surface area contributed by atoms with Gasteiger partial charge in [-0.3, -0.25) is 0 Å². The van der Waals surface area contributed by atoms with E-state index in [0.29, 0.717) is 0 Å². The molecule has 7 rings (SSSR count). The van der Waals surface area contributed by atoms with Gasteiger partial charge in [-0.15, -0.1) is 0 Å². The van der Waals surface area contributed by atoms with E-state index >= 15 is 0 Å². The first kappa shape index (κ1) is 33.5. The highest BCUT2D eigenvalue weighted by atomic mass is 35.5. The Morgan fingerprint density at radius 2 is 1.29 bits per heavy atom. The zero-order valence-electron chi connectivity index (χ0n) is 30.2. The van der Waals surface area contributed by atoms with Crippen LogP contribution >= 0.6 is 11.6 Å². The number of allylic oxidation sites excluding steroid dienone is 9. The van der Waals surface area contributed by atoms with Gasteiger partial charge in [0.1, 0.15) is 0 Å². The van der Waals surface area contributed by atoms with Crippen LogP contribution in [0.1, 0.15) is 91.2 Å². The lowest BCUT2D eigenvalue weighted by Gasteiger charge is -2.40. The average molecular weight is 667 g/mol. The van der Waals surface area contributed by atoms with Gasteiger partial charge in [0.25, 0.3) is 0 Å². The van der Waals surface area contributed by atoms with E-state index in [0.717, 1.165) is 43.8 Å². The van der Waals surface area contributed by atoms with E-state index in [1.165, 1.54) is 79.3 Å².